The van der Waals surface area contributed by atoms with E-state index in [2.05, 4.69) is 10.1 Å². The van der Waals surface area contributed by atoms with E-state index in [-0.39, 0.29) is 30.0 Å². The van der Waals surface area contributed by atoms with E-state index >= 15 is 0 Å². The minimum absolute atomic E-state index is 0.0973. The van der Waals surface area contributed by atoms with Crippen molar-refractivity contribution < 1.29 is 27.9 Å². The Morgan fingerprint density at radius 2 is 1.84 bits per heavy atom. The van der Waals surface area contributed by atoms with Crippen LogP contribution in [0.25, 0.3) is 16.9 Å². The number of carbonyl (C=O) groups is 2. The van der Waals surface area contributed by atoms with Crippen molar-refractivity contribution in [1.29, 1.82) is 0 Å². The van der Waals surface area contributed by atoms with Crippen LogP contribution in [0.4, 0.5) is 13.2 Å². The van der Waals surface area contributed by atoms with E-state index in [4.69, 9.17) is 0 Å². The Labute approximate surface area is 175 Å². The van der Waals surface area contributed by atoms with Gasteiger partial charge in [0.1, 0.15) is 6.04 Å². The van der Waals surface area contributed by atoms with Crippen LogP contribution in [0, 0.1) is 6.92 Å². The zero-order valence-electron chi connectivity index (χ0n) is 16.6. The average molecular weight is 432 g/mol. The number of halogens is 3. The van der Waals surface area contributed by atoms with Gasteiger partial charge in [0.15, 0.2) is 17.0 Å². The van der Waals surface area contributed by atoms with Crippen LogP contribution in [-0.2, 0) is 11.0 Å². The van der Waals surface area contributed by atoms with E-state index in [9.17, 15) is 27.9 Å². The van der Waals surface area contributed by atoms with Crippen LogP contribution in [0.3, 0.4) is 0 Å². The third kappa shape index (κ3) is 3.97. The maximum absolute atomic E-state index is 13.7. The van der Waals surface area contributed by atoms with Gasteiger partial charge in [0.2, 0.25) is 0 Å². The highest BCUT2D eigenvalue weighted by Gasteiger charge is 2.37. The molecule has 0 saturated carbocycles. The molecule has 3 heterocycles. The number of rotatable bonds is 3. The molecule has 1 N–H and O–H groups in total. The van der Waals surface area contributed by atoms with E-state index in [0.29, 0.717) is 22.9 Å². The summed E-state index contributed by atoms with van der Waals surface area (Å²) in [6, 6.07) is 7.90. The molecule has 2 aromatic heterocycles. The molecule has 162 valence electrons. The van der Waals surface area contributed by atoms with Gasteiger partial charge in [-0.05, 0) is 32.3 Å². The first-order chi connectivity index (χ1) is 14.6. The molecule has 0 aliphatic carbocycles. The number of carboxylic acids is 1. The Hall–Kier alpha value is -3.43. The summed E-state index contributed by atoms with van der Waals surface area (Å²) in [5.74, 6) is -1.87. The summed E-state index contributed by atoms with van der Waals surface area (Å²) in [5.41, 5.74) is 0.0628. The molecule has 3 aromatic rings. The van der Waals surface area contributed by atoms with Gasteiger partial charge in [0.25, 0.3) is 5.91 Å². The van der Waals surface area contributed by atoms with Crippen molar-refractivity contribution >= 4 is 17.5 Å². The molecule has 1 unspecified atom stereocenters. The Morgan fingerprint density at radius 1 is 1.13 bits per heavy atom. The van der Waals surface area contributed by atoms with Gasteiger partial charge in [-0.2, -0.15) is 18.3 Å². The fraction of sp³-hybridized carbons (Fsp3) is 0.333. The number of alkyl halides is 3. The summed E-state index contributed by atoms with van der Waals surface area (Å²) < 4.78 is 41.8. The van der Waals surface area contributed by atoms with Crippen molar-refractivity contribution in [1.82, 2.24) is 19.5 Å². The zero-order chi connectivity index (χ0) is 22.3. The minimum atomic E-state index is -4.73. The summed E-state index contributed by atoms with van der Waals surface area (Å²) in [5, 5.41) is 13.2. The number of carboxylic acid groups (broad SMARTS) is 1. The van der Waals surface area contributed by atoms with E-state index in [1.165, 1.54) is 6.07 Å². The lowest BCUT2D eigenvalue weighted by Crippen LogP contribution is -2.48. The largest absolute Gasteiger partial charge is 0.480 e. The van der Waals surface area contributed by atoms with Crippen molar-refractivity contribution in [2.45, 2.75) is 38.4 Å². The summed E-state index contributed by atoms with van der Waals surface area (Å²) >= 11 is 0. The number of nitrogens with zero attached hydrogens (tertiary/aromatic N) is 4. The Kier molecular flexibility index (Phi) is 5.16. The van der Waals surface area contributed by atoms with Crippen molar-refractivity contribution in [3.63, 3.8) is 0 Å². The van der Waals surface area contributed by atoms with E-state index < -0.39 is 29.8 Å². The first kappa shape index (κ1) is 20.8. The number of benzene rings is 1. The molecule has 1 aliphatic heterocycles. The van der Waals surface area contributed by atoms with Crippen molar-refractivity contribution in [2.24, 2.45) is 0 Å². The maximum Gasteiger partial charge on any atom is 0.433 e. The van der Waals surface area contributed by atoms with Crippen LogP contribution < -0.4 is 0 Å². The van der Waals surface area contributed by atoms with Gasteiger partial charge < -0.3 is 10.0 Å². The molecule has 1 aliphatic rings. The second-order valence-electron chi connectivity index (χ2n) is 7.54. The predicted octanol–water partition coefficient (Wildman–Crippen LogP) is 3.80. The van der Waals surface area contributed by atoms with Crippen LogP contribution in [0.5, 0.6) is 0 Å². The molecular weight excluding hydrogens is 413 g/mol. The van der Waals surface area contributed by atoms with Gasteiger partial charge >= 0.3 is 12.1 Å². The second-order valence-corrected chi connectivity index (χ2v) is 7.54. The molecular formula is C21H19F3N4O3. The minimum Gasteiger partial charge on any atom is -0.480 e. The summed E-state index contributed by atoms with van der Waals surface area (Å²) in [4.78, 5) is 29.8. The molecule has 4 rings (SSSR count). The van der Waals surface area contributed by atoms with E-state index in [0.717, 1.165) is 16.5 Å². The van der Waals surface area contributed by atoms with Crippen molar-refractivity contribution in [2.75, 3.05) is 6.54 Å². The van der Waals surface area contributed by atoms with Crippen LogP contribution >= 0.6 is 0 Å². The smallest absolute Gasteiger partial charge is 0.433 e. The average Bonchev–Trinajstić information content (AvgIpc) is 3.16. The van der Waals surface area contributed by atoms with E-state index in [1.54, 1.807) is 24.3 Å². The highest BCUT2D eigenvalue weighted by molar-refractivity contribution is 5.96. The van der Waals surface area contributed by atoms with Gasteiger partial charge in [-0.25, -0.2) is 14.3 Å². The van der Waals surface area contributed by atoms with Crippen LogP contribution in [-0.4, -0.2) is 49.1 Å². The van der Waals surface area contributed by atoms with Crippen molar-refractivity contribution in [3.05, 3.63) is 53.3 Å². The third-order valence-corrected chi connectivity index (χ3v) is 5.33. The van der Waals surface area contributed by atoms with Crippen molar-refractivity contribution in [3.8, 4) is 11.3 Å². The number of fused-ring (bicyclic) bond motifs is 1. The third-order valence-electron chi connectivity index (χ3n) is 5.33. The molecule has 7 nitrogen and oxygen atoms in total. The molecule has 31 heavy (non-hydrogen) atoms. The summed E-state index contributed by atoms with van der Waals surface area (Å²) in [6.07, 6.45) is -3.17. The van der Waals surface area contributed by atoms with Gasteiger partial charge in [0.05, 0.1) is 5.69 Å². The first-order valence-electron chi connectivity index (χ1n) is 9.74. The number of aryl methyl sites for hydroxylation is 1. The Balaban J connectivity index is 1.81. The van der Waals surface area contributed by atoms with Gasteiger partial charge in [-0.3, -0.25) is 4.79 Å². The molecule has 1 fully saturated rings. The summed E-state index contributed by atoms with van der Waals surface area (Å²) in [6.45, 7) is 2.07. The number of carbonyl (C=O) groups excluding carboxylic acids is 1. The number of amides is 1. The monoisotopic (exact) mass is 432 g/mol. The zero-order valence-corrected chi connectivity index (χ0v) is 16.6. The molecule has 0 spiro atoms. The Bertz CT molecular complexity index is 1160. The second kappa shape index (κ2) is 7.68. The molecule has 10 heteroatoms. The molecule has 1 aromatic carbocycles. The molecule has 1 saturated heterocycles. The predicted molar refractivity (Wildman–Crippen MR) is 104 cm³/mol. The van der Waals surface area contributed by atoms with Crippen LogP contribution in [0.2, 0.25) is 0 Å². The van der Waals surface area contributed by atoms with E-state index in [1.807, 2.05) is 6.92 Å². The van der Waals surface area contributed by atoms with Gasteiger partial charge in [-0.15, -0.1) is 0 Å². The van der Waals surface area contributed by atoms with Gasteiger partial charge in [-0.1, -0.05) is 29.8 Å². The number of piperidine rings is 1. The maximum atomic E-state index is 13.7. The lowest BCUT2D eigenvalue weighted by Gasteiger charge is -2.32. The Morgan fingerprint density at radius 3 is 2.48 bits per heavy atom. The lowest BCUT2D eigenvalue weighted by atomic mass is 10.0. The SMILES string of the molecule is Cc1ccc(-c2cc(C(F)(F)F)n3nc(C(=O)N4CCCCC4C(=O)O)cc3n2)cc1. The quantitative estimate of drug-likeness (QED) is 0.680. The molecule has 1 atom stereocenters. The lowest BCUT2D eigenvalue weighted by molar-refractivity contribution is -0.143. The number of hydrogen-bond donors (Lipinski definition) is 1. The number of hydrogen-bond acceptors (Lipinski definition) is 4. The molecule has 0 radical (unpaired) electrons. The molecule has 0 bridgehead atoms. The highest BCUT2D eigenvalue weighted by atomic mass is 19.4. The van der Waals surface area contributed by atoms with Gasteiger partial charge in [0, 0.05) is 18.2 Å². The molecule has 1 amide bonds. The number of aliphatic carboxylic acids is 1. The van der Waals surface area contributed by atoms with Crippen LogP contribution in [0.15, 0.2) is 36.4 Å². The fourth-order valence-corrected chi connectivity index (χ4v) is 3.73. The summed E-state index contributed by atoms with van der Waals surface area (Å²) in [7, 11) is 0. The fourth-order valence-electron chi connectivity index (χ4n) is 3.73. The first-order valence-corrected chi connectivity index (χ1v) is 9.74. The topological polar surface area (TPSA) is 87.8 Å². The number of aromatic nitrogens is 3. The standard InChI is InChI=1S/C21H19F3N4O3/c1-12-5-7-13(8-6-12)14-10-17(21(22,23)24)28-18(25-14)11-15(26-28)19(29)27-9-3-2-4-16(27)20(30)31/h5-8,10-11,16H,2-4,9H2,1H3,(H,30,31). The number of likely N-dealkylation sites (tertiary alicyclic amines) is 1. The highest BCUT2D eigenvalue weighted by Crippen LogP contribution is 2.32. The normalized spacial score (nSPS) is 17.2. The van der Waals surface area contributed by atoms with Crippen LogP contribution in [0.1, 0.15) is 41.0 Å².